The molecule has 7 rings (SSSR count). The second-order valence-corrected chi connectivity index (χ2v) is 12.6. The van der Waals surface area contributed by atoms with E-state index in [-0.39, 0.29) is 22.7 Å². The summed E-state index contributed by atoms with van der Waals surface area (Å²) >= 11 is 3.52. The van der Waals surface area contributed by atoms with Crippen molar-refractivity contribution in [2.45, 2.75) is 76.4 Å². The minimum absolute atomic E-state index is 0.301. The predicted octanol–water partition coefficient (Wildman–Crippen LogP) is 5.08. The lowest BCUT2D eigenvalue weighted by atomic mass is 9.74. The molecule has 0 bridgehead atoms. The molecule has 3 heterocycles. The Balaban J connectivity index is 0.000000152. The Morgan fingerprint density at radius 3 is 1.71 bits per heavy atom. The molecule has 0 unspecified atom stereocenters. The molecule has 2 aromatic heterocycles. The largest absolute Gasteiger partial charge is 0.495 e. The standard InChI is InChI=1S/C17H22BNO4.C11H10BrNO2/c1-16(2)17(3,4)23-18(22-16)12-9-14-13(19(5)15(20)21-14)8-11(12)10-6-7-10;1-13-9-4-7(6-2-3-6)8(12)5-10(9)15-11(13)14/h8-10H,6-7H2,1-5H3;4-6H,2-3H2,1H3. The lowest BCUT2D eigenvalue weighted by Crippen LogP contribution is -2.41. The highest BCUT2D eigenvalue weighted by Gasteiger charge is 2.53. The first-order valence-electron chi connectivity index (χ1n) is 13.1. The van der Waals surface area contributed by atoms with Gasteiger partial charge in [0.2, 0.25) is 0 Å². The van der Waals surface area contributed by atoms with Crippen molar-refractivity contribution in [3.05, 3.63) is 61.0 Å². The Morgan fingerprint density at radius 1 is 0.763 bits per heavy atom. The van der Waals surface area contributed by atoms with Crippen molar-refractivity contribution in [1.82, 2.24) is 9.13 Å². The third-order valence-electron chi connectivity index (χ3n) is 8.45. The Kier molecular flexibility index (Phi) is 5.90. The number of rotatable bonds is 3. The number of halogens is 1. The second kappa shape index (κ2) is 8.73. The third-order valence-corrected chi connectivity index (χ3v) is 9.14. The fourth-order valence-electron chi connectivity index (χ4n) is 5.00. The molecular weight excluding hydrogens is 551 g/mol. The zero-order valence-corrected chi connectivity index (χ0v) is 24.2. The third kappa shape index (κ3) is 4.30. The van der Waals surface area contributed by atoms with Crippen LogP contribution in [0.15, 0.2) is 47.2 Å². The van der Waals surface area contributed by atoms with Gasteiger partial charge in [0.1, 0.15) is 0 Å². The summed E-state index contributed by atoms with van der Waals surface area (Å²) in [7, 11) is 3.04. The molecule has 2 saturated carbocycles. The zero-order valence-electron chi connectivity index (χ0n) is 22.6. The van der Waals surface area contributed by atoms with Crippen molar-refractivity contribution >= 4 is 50.7 Å². The first kappa shape index (κ1) is 25.7. The number of aryl methyl sites for hydroxylation is 2. The van der Waals surface area contributed by atoms with Crippen LogP contribution in [-0.4, -0.2) is 27.5 Å². The van der Waals surface area contributed by atoms with Gasteiger partial charge in [-0.3, -0.25) is 9.13 Å². The Morgan fingerprint density at radius 2 is 1.21 bits per heavy atom. The molecule has 0 radical (unpaired) electrons. The van der Waals surface area contributed by atoms with Crippen LogP contribution in [0.2, 0.25) is 0 Å². The smallest absolute Gasteiger partial charge is 0.408 e. The summed E-state index contributed by atoms with van der Waals surface area (Å²) in [4.78, 5) is 23.1. The van der Waals surface area contributed by atoms with E-state index in [9.17, 15) is 9.59 Å². The van der Waals surface area contributed by atoms with Crippen LogP contribution >= 0.6 is 15.9 Å². The van der Waals surface area contributed by atoms with Crippen LogP contribution in [0.25, 0.3) is 22.2 Å². The van der Waals surface area contributed by atoms with Crippen LogP contribution in [0, 0.1) is 0 Å². The number of aromatic nitrogens is 2. The molecule has 200 valence electrons. The van der Waals surface area contributed by atoms with Crippen molar-refractivity contribution in [2.24, 2.45) is 14.1 Å². The topological polar surface area (TPSA) is 88.7 Å². The van der Waals surface area contributed by atoms with Crippen molar-refractivity contribution < 1.29 is 18.1 Å². The molecule has 1 saturated heterocycles. The Labute approximate surface area is 229 Å². The molecule has 3 fully saturated rings. The monoisotopic (exact) mass is 582 g/mol. The zero-order chi connectivity index (χ0) is 27.1. The molecule has 3 aliphatic rings. The predicted molar refractivity (Wildman–Crippen MR) is 150 cm³/mol. The number of hydrogen-bond donors (Lipinski definition) is 0. The molecule has 0 spiro atoms. The fourth-order valence-corrected chi connectivity index (χ4v) is 5.64. The lowest BCUT2D eigenvalue weighted by molar-refractivity contribution is 0.00578. The molecule has 2 aromatic carbocycles. The van der Waals surface area contributed by atoms with E-state index in [1.54, 1.807) is 23.2 Å². The molecule has 0 N–H and O–H groups in total. The lowest BCUT2D eigenvalue weighted by Gasteiger charge is -2.32. The highest BCUT2D eigenvalue weighted by atomic mass is 79.9. The van der Waals surface area contributed by atoms with Gasteiger partial charge in [0.15, 0.2) is 11.2 Å². The number of oxazole rings is 2. The summed E-state index contributed by atoms with van der Waals surface area (Å²) < 4.78 is 27.0. The molecule has 38 heavy (non-hydrogen) atoms. The summed E-state index contributed by atoms with van der Waals surface area (Å²) in [5, 5.41) is 0. The molecule has 8 nitrogen and oxygen atoms in total. The number of fused-ring (bicyclic) bond motifs is 2. The van der Waals surface area contributed by atoms with E-state index < -0.39 is 7.12 Å². The van der Waals surface area contributed by atoms with Crippen LogP contribution < -0.4 is 17.0 Å². The van der Waals surface area contributed by atoms with Gasteiger partial charge in [0.05, 0.1) is 22.2 Å². The van der Waals surface area contributed by atoms with Gasteiger partial charge in [0, 0.05) is 18.6 Å². The average molecular weight is 583 g/mol. The maximum Gasteiger partial charge on any atom is 0.495 e. The summed E-state index contributed by atoms with van der Waals surface area (Å²) in [6.07, 6.45) is 4.83. The number of nitrogens with zero attached hydrogens (tertiary/aromatic N) is 2. The molecule has 2 aliphatic carbocycles. The van der Waals surface area contributed by atoms with Crippen LogP contribution in [0.3, 0.4) is 0 Å². The number of benzene rings is 2. The van der Waals surface area contributed by atoms with Crippen molar-refractivity contribution in [2.75, 3.05) is 0 Å². The van der Waals surface area contributed by atoms with Gasteiger partial charge in [-0.2, -0.15) is 0 Å². The molecule has 4 aromatic rings. The maximum atomic E-state index is 11.8. The highest BCUT2D eigenvalue weighted by Crippen LogP contribution is 2.44. The number of hydrogen-bond acceptors (Lipinski definition) is 6. The van der Waals surface area contributed by atoms with Gasteiger partial charge in [-0.1, -0.05) is 15.9 Å². The van der Waals surface area contributed by atoms with E-state index in [0.29, 0.717) is 23.0 Å². The molecule has 10 heteroatoms. The van der Waals surface area contributed by atoms with E-state index >= 15 is 0 Å². The normalized spacial score (nSPS) is 20.2. The molecular formula is C28H32BBrN2O6. The van der Waals surface area contributed by atoms with Gasteiger partial charge < -0.3 is 18.1 Å². The van der Waals surface area contributed by atoms with Gasteiger partial charge in [-0.25, -0.2) is 9.59 Å². The summed E-state index contributed by atoms with van der Waals surface area (Å²) in [5.74, 6) is 0.546. The van der Waals surface area contributed by atoms with Crippen LogP contribution in [0.1, 0.15) is 76.3 Å². The van der Waals surface area contributed by atoms with E-state index in [1.807, 2.05) is 39.8 Å². The fraction of sp³-hybridized carbons (Fsp3) is 0.500. The van der Waals surface area contributed by atoms with E-state index in [4.69, 9.17) is 18.1 Å². The van der Waals surface area contributed by atoms with E-state index in [2.05, 4.69) is 28.1 Å². The highest BCUT2D eigenvalue weighted by molar-refractivity contribution is 9.10. The quantitative estimate of drug-likeness (QED) is 0.313. The van der Waals surface area contributed by atoms with Crippen LogP contribution in [0.5, 0.6) is 0 Å². The van der Waals surface area contributed by atoms with Crippen molar-refractivity contribution in [1.29, 1.82) is 0 Å². The van der Waals surface area contributed by atoms with E-state index in [1.165, 1.54) is 36.8 Å². The minimum Gasteiger partial charge on any atom is -0.408 e. The SMILES string of the molecule is Cn1c(=O)oc2cc(B3OC(C)(C)C(C)(C)O3)c(C3CC3)cc21.Cn1c(=O)oc2cc(Br)c(C3CC3)cc21. The van der Waals surface area contributed by atoms with Crippen molar-refractivity contribution in [3.8, 4) is 0 Å². The second-order valence-electron chi connectivity index (χ2n) is 11.8. The molecule has 0 atom stereocenters. The van der Waals surface area contributed by atoms with Gasteiger partial charge in [-0.15, -0.1) is 0 Å². The van der Waals surface area contributed by atoms with Crippen LogP contribution in [-0.2, 0) is 23.4 Å². The van der Waals surface area contributed by atoms with Crippen LogP contribution in [0.4, 0.5) is 0 Å². The summed E-state index contributed by atoms with van der Waals surface area (Å²) in [6, 6.07) is 7.94. The van der Waals surface area contributed by atoms with Gasteiger partial charge >= 0.3 is 18.6 Å². The van der Waals surface area contributed by atoms with Crippen molar-refractivity contribution in [3.63, 3.8) is 0 Å². The Bertz CT molecular complexity index is 1670. The molecule has 0 amide bonds. The first-order valence-corrected chi connectivity index (χ1v) is 13.9. The van der Waals surface area contributed by atoms with E-state index in [0.717, 1.165) is 21.0 Å². The summed E-state index contributed by atoms with van der Waals surface area (Å²) in [6.45, 7) is 8.19. The molecule has 1 aliphatic heterocycles. The van der Waals surface area contributed by atoms with Gasteiger partial charge in [0.25, 0.3) is 0 Å². The Hall–Kier alpha value is -2.56. The van der Waals surface area contributed by atoms with Gasteiger partial charge in [-0.05, 0) is 106 Å². The minimum atomic E-state index is -0.425. The maximum absolute atomic E-state index is 11.8. The average Bonchev–Trinajstić information content (AvgIpc) is 3.76. The summed E-state index contributed by atoms with van der Waals surface area (Å²) in [5.41, 5.74) is 5.68. The first-order chi connectivity index (χ1) is 17.9.